The second-order valence-electron chi connectivity index (χ2n) is 2.92. The Hall–Kier alpha value is -1.84. The third-order valence-electron chi connectivity index (χ3n) is 1.73. The van der Waals surface area contributed by atoms with Gasteiger partial charge in [-0.25, -0.2) is 0 Å². The van der Waals surface area contributed by atoms with Crippen LogP contribution >= 0.6 is 23.2 Å². The van der Waals surface area contributed by atoms with E-state index in [-0.39, 0.29) is 15.7 Å². The zero-order valence-corrected chi connectivity index (χ0v) is 9.75. The van der Waals surface area contributed by atoms with E-state index in [1.165, 1.54) is 6.07 Å². The van der Waals surface area contributed by atoms with Crippen LogP contribution in [0.4, 0.5) is 11.4 Å². The number of anilines is 1. The van der Waals surface area contributed by atoms with Crippen molar-refractivity contribution in [3.8, 4) is 6.07 Å². The third kappa shape index (κ3) is 3.31. The summed E-state index contributed by atoms with van der Waals surface area (Å²) in [6.45, 7) is 0. The molecule has 0 fully saturated rings. The highest BCUT2D eigenvalue weighted by Gasteiger charge is 2.20. The van der Waals surface area contributed by atoms with Gasteiger partial charge in [-0.15, -0.1) is 0 Å². The Morgan fingerprint density at radius 3 is 2.71 bits per heavy atom. The van der Waals surface area contributed by atoms with Gasteiger partial charge in [0.1, 0.15) is 12.1 Å². The molecule has 1 aromatic rings. The SMILES string of the molecule is N#CCC(=O)Nc1c(Cl)cc(Cl)cc1[N+](=O)[O-]. The molecule has 8 heteroatoms. The number of nitro benzene ring substituents is 1. The van der Waals surface area contributed by atoms with E-state index in [9.17, 15) is 14.9 Å². The smallest absolute Gasteiger partial charge is 0.295 e. The molecule has 0 bridgehead atoms. The van der Waals surface area contributed by atoms with Gasteiger partial charge in [0.2, 0.25) is 5.91 Å². The van der Waals surface area contributed by atoms with Gasteiger partial charge in [0.25, 0.3) is 5.69 Å². The van der Waals surface area contributed by atoms with Crippen LogP contribution in [0.25, 0.3) is 0 Å². The van der Waals surface area contributed by atoms with E-state index in [1.54, 1.807) is 6.07 Å². The lowest BCUT2D eigenvalue weighted by atomic mass is 10.2. The molecule has 17 heavy (non-hydrogen) atoms. The normalized spacial score (nSPS) is 9.47. The summed E-state index contributed by atoms with van der Waals surface area (Å²) in [5.41, 5.74) is -0.588. The first-order chi connectivity index (χ1) is 7.95. The maximum Gasteiger partial charge on any atom is 0.295 e. The van der Waals surface area contributed by atoms with Crippen LogP contribution in [0.15, 0.2) is 12.1 Å². The molecule has 0 aliphatic rings. The van der Waals surface area contributed by atoms with Crippen molar-refractivity contribution in [2.24, 2.45) is 0 Å². The fourth-order valence-electron chi connectivity index (χ4n) is 1.08. The summed E-state index contributed by atoms with van der Waals surface area (Å²) in [5, 5.41) is 21.3. The zero-order valence-electron chi connectivity index (χ0n) is 8.24. The van der Waals surface area contributed by atoms with Crippen molar-refractivity contribution in [2.75, 3.05) is 5.32 Å². The van der Waals surface area contributed by atoms with Crippen LogP contribution in [0.3, 0.4) is 0 Å². The van der Waals surface area contributed by atoms with Gasteiger partial charge in [0, 0.05) is 11.1 Å². The van der Waals surface area contributed by atoms with Gasteiger partial charge < -0.3 is 5.32 Å². The summed E-state index contributed by atoms with van der Waals surface area (Å²) in [6, 6.07) is 3.94. The lowest BCUT2D eigenvalue weighted by Crippen LogP contribution is -2.12. The fraction of sp³-hybridized carbons (Fsp3) is 0.111. The Balaban J connectivity index is 3.18. The van der Waals surface area contributed by atoms with Crippen LogP contribution in [0.2, 0.25) is 10.0 Å². The summed E-state index contributed by atoms with van der Waals surface area (Å²) in [4.78, 5) is 21.2. The predicted molar refractivity (Wildman–Crippen MR) is 62.0 cm³/mol. The van der Waals surface area contributed by atoms with Crippen LogP contribution in [0, 0.1) is 21.4 Å². The van der Waals surface area contributed by atoms with Crippen LogP contribution in [0.1, 0.15) is 6.42 Å². The van der Waals surface area contributed by atoms with Crippen molar-refractivity contribution >= 4 is 40.5 Å². The maximum absolute atomic E-state index is 11.2. The number of carbonyl (C=O) groups is 1. The Morgan fingerprint density at radius 2 is 2.18 bits per heavy atom. The van der Waals surface area contributed by atoms with E-state index in [4.69, 9.17) is 28.5 Å². The highest BCUT2D eigenvalue weighted by atomic mass is 35.5. The number of halogens is 2. The summed E-state index contributed by atoms with van der Waals surface area (Å²) in [7, 11) is 0. The van der Waals surface area contributed by atoms with E-state index >= 15 is 0 Å². The zero-order chi connectivity index (χ0) is 13.0. The summed E-state index contributed by atoms with van der Waals surface area (Å²) < 4.78 is 0. The minimum atomic E-state index is -0.722. The molecule has 0 unspecified atom stereocenters. The van der Waals surface area contributed by atoms with Crippen molar-refractivity contribution in [3.63, 3.8) is 0 Å². The molecule has 0 saturated heterocycles. The average Bonchev–Trinajstić information content (AvgIpc) is 2.21. The van der Waals surface area contributed by atoms with Crippen LogP contribution in [0.5, 0.6) is 0 Å². The second kappa shape index (κ2) is 5.48. The molecule has 0 heterocycles. The van der Waals surface area contributed by atoms with E-state index in [0.717, 1.165) is 6.07 Å². The molecule has 88 valence electrons. The van der Waals surface area contributed by atoms with E-state index in [2.05, 4.69) is 5.32 Å². The lowest BCUT2D eigenvalue weighted by molar-refractivity contribution is -0.383. The molecule has 6 nitrogen and oxygen atoms in total. The minimum absolute atomic E-state index is 0.0597. The first-order valence-corrected chi connectivity index (χ1v) is 5.01. The monoisotopic (exact) mass is 273 g/mol. The van der Waals surface area contributed by atoms with Gasteiger partial charge in [0.05, 0.1) is 16.0 Å². The molecule has 0 atom stereocenters. The average molecular weight is 274 g/mol. The quantitative estimate of drug-likeness (QED) is 0.676. The van der Waals surface area contributed by atoms with Gasteiger partial charge in [-0.3, -0.25) is 14.9 Å². The van der Waals surface area contributed by atoms with Gasteiger partial charge in [-0.1, -0.05) is 23.2 Å². The topological polar surface area (TPSA) is 96.0 Å². The molecule has 0 aliphatic heterocycles. The van der Waals surface area contributed by atoms with Crippen LogP contribution in [-0.4, -0.2) is 10.8 Å². The lowest BCUT2D eigenvalue weighted by Gasteiger charge is -2.06. The molecular weight excluding hydrogens is 269 g/mol. The summed E-state index contributed by atoms with van der Waals surface area (Å²) >= 11 is 11.3. The molecule has 0 radical (unpaired) electrons. The number of carbonyl (C=O) groups excluding carboxylic acids is 1. The van der Waals surface area contributed by atoms with Gasteiger partial charge in [-0.05, 0) is 6.07 Å². The Bertz CT molecular complexity index is 525. The van der Waals surface area contributed by atoms with Crippen molar-refractivity contribution < 1.29 is 9.72 Å². The summed E-state index contributed by atoms with van der Waals surface area (Å²) in [5.74, 6) is -0.681. The van der Waals surface area contributed by atoms with Crippen molar-refractivity contribution in [1.82, 2.24) is 0 Å². The Morgan fingerprint density at radius 1 is 1.53 bits per heavy atom. The van der Waals surface area contributed by atoms with Crippen molar-refractivity contribution in [2.45, 2.75) is 6.42 Å². The van der Waals surface area contributed by atoms with Gasteiger partial charge >= 0.3 is 0 Å². The molecule has 1 amide bonds. The molecule has 0 aliphatic carbocycles. The number of nitrogens with zero attached hydrogens (tertiary/aromatic N) is 2. The number of benzene rings is 1. The standard InChI is InChI=1S/C9H5Cl2N3O3/c10-5-3-6(11)9(7(4-5)14(16)17)13-8(15)1-2-12/h3-4H,1H2,(H,13,15). The molecule has 0 spiro atoms. The van der Waals surface area contributed by atoms with Gasteiger partial charge in [0.15, 0.2) is 0 Å². The maximum atomic E-state index is 11.2. The highest BCUT2D eigenvalue weighted by Crippen LogP contribution is 2.35. The van der Waals surface area contributed by atoms with E-state index in [0.29, 0.717) is 0 Å². The van der Waals surface area contributed by atoms with Crippen molar-refractivity contribution in [1.29, 1.82) is 5.26 Å². The van der Waals surface area contributed by atoms with E-state index in [1.807, 2.05) is 0 Å². The number of rotatable bonds is 3. The highest BCUT2D eigenvalue weighted by molar-refractivity contribution is 6.37. The fourth-order valence-corrected chi connectivity index (χ4v) is 1.61. The largest absolute Gasteiger partial charge is 0.318 e. The van der Waals surface area contributed by atoms with Crippen molar-refractivity contribution in [3.05, 3.63) is 32.3 Å². The third-order valence-corrected chi connectivity index (χ3v) is 2.25. The predicted octanol–water partition coefficient (Wildman–Crippen LogP) is 2.75. The Labute approximate surface area is 106 Å². The molecular formula is C9H5Cl2N3O3. The molecule has 1 aromatic carbocycles. The number of hydrogen-bond donors (Lipinski definition) is 1. The Kier molecular flexibility index (Phi) is 4.26. The van der Waals surface area contributed by atoms with Crippen LogP contribution < -0.4 is 5.32 Å². The molecule has 0 aromatic heterocycles. The number of nitriles is 1. The van der Waals surface area contributed by atoms with E-state index < -0.39 is 22.9 Å². The van der Waals surface area contributed by atoms with Crippen LogP contribution in [-0.2, 0) is 4.79 Å². The first-order valence-electron chi connectivity index (χ1n) is 4.26. The number of nitrogens with one attached hydrogen (secondary N) is 1. The number of amides is 1. The van der Waals surface area contributed by atoms with Gasteiger partial charge in [-0.2, -0.15) is 5.26 Å². The molecule has 1 rings (SSSR count). The number of hydrogen-bond acceptors (Lipinski definition) is 4. The minimum Gasteiger partial charge on any atom is -0.318 e. The molecule has 1 N–H and O–H groups in total. The molecule has 0 saturated carbocycles. The summed E-state index contributed by atoms with van der Waals surface area (Å²) in [6.07, 6.45) is -0.421. The number of nitro groups is 1. The second-order valence-corrected chi connectivity index (χ2v) is 3.77. The first kappa shape index (κ1) is 13.2.